The maximum absolute atomic E-state index is 8.44. The Morgan fingerprint density at radius 1 is 1.55 bits per heavy atom. The molecule has 0 saturated carbocycles. The average Bonchev–Trinajstić information content (AvgIpc) is 2.10. The molecule has 2 nitrogen and oxygen atoms in total. The van der Waals surface area contributed by atoms with Crippen molar-refractivity contribution in [1.29, 1.82) is 5.26 Å². The lowest BCUT2D eigenvalue weighted by Gasteiger charge is -2.18. The zero-order chi connectivity index (χ0) is 8.69. The zero-order valence-corrected chi connectivity index (χ0v) is 7.59. The second-order valence-electron chi connectivity index (χ2n) is 2.35. The molecule has 1 aliphatic rings. The Morgan fingerprint density at radius 3 is 2.55 bits per heavy atom. The first-order valence-corrected chi connectivity index (χ1v) is 4.10. The van der Waals surface area contributed by atoms with E-state index >= 15 is 0 Å². The summed E-state index contributed by atoms with van der Waals surface area (Å²) in [5, 5.41) is 8.44. The number of rotatable bonds is 0. The van der Waals surface area contributed by atoms with Gasteiger partial charge in [-0.3, -0.25) is 0 Å². The van der Waals surface area contributed by atoms with Crippen molar-refractivity contribution < 1.29 is 0 Å². The van der Waals surface area contributed by atoms with Crippen LogP contribution in [0.15, 0.2) is 11.6 Å². The van der Waals surface area contributed by atoms with Crippen molar-refractivity contribution in [2.24, 2.45) is 0 Å². The summed E-state index contributed by atoms with van der Waals surface area (Å²) in [7, 11) is 2.06. The molecule has 0 aromatic heterocycles. The van der Waals surface area contributed by atoms with Crippen molar-refractivity contribution in [3.63, 3.8) is 0 Å². The van der Waals surface area contributed by atoms with Gasteiger partial charge in [-0.05, 0) is 13.5 Å². The predicted molar refractivity (Wildman–Crippen MR) is 47.2 cm³/mol. The Hall–Kier alpha value is -0.810. The van der Waals surface area contributed by atoms with Crippen molar-refractivity contribution in [2.75, 3.05) is 20.1 Å². The standard InChI is InChI=1S/C7H10N2.C2H6/c1-9-4-2-7(6-8)3-5-9;1-2/h2H,3-5H2,1H3;1-2H3. The van der Waals surface area contributed by atoms with Gasteiger partial charge in [-0.15, -0.1) is 0 Å². The van der Waals surface area contributed by atoms with E-state index in [2.05, 4.69) is 18.0 Å². The third-order valence-electron chi connectivity index (χ3n) is 1.56. The first kappa shape index (κ1) is 10.2. The van der Waals surface area contributed by atoms with Crippen LogP contribution in [0, 0.1) is 11.3 Å². The van der Waals surface area contributed by atoms with Gasteiger partial charge in [0.25, 0.3) is 0 Å². The van der Waals surface area contributed by atoms with Crippen molar-refractivity contribution in [1.82, 2.24) is 4.90 Å². The fraction of sp³-hybridized carbons (Fsp3) is 0.667. The quantitative estimate of drug-likeness (QED) is 0.529. The van der Waals surface area contributed by atoms with Gasteiger partial charge in [0.15, 0.2) is 0 Å². The van der Waals surface area contributed by atoms with Crippen molar-refractivity contribution in [3.05, 3.63) is 11.6 Å². The molecule has 0 bridgehead atoms. The summed E-state index contributed by atoms with van der Waals surface area (Å²) in [6, 6.07) is 2.16. The largest absolute Gasteiger partial charge is 0.302 e. The molecule has 11 heavy (non-hydrogen) atoms. The Balaban J connectivity index is 0.000000461. The molecule has 0 amide bonds. The van der Waals surface area contributed by atoms with Crippen LogP contribution in [0.1, 0.15) is 20.3 Å². The summed E-state index contributed by atoms with van der Waals surface area (Å²) in [5.74, 6) is 0. The molecule has 0 aromatic rings. The van der Waals surface area contributed by atoms with Gasteiger partial charge in [0.05, 0.1) is 6.07 Å². The van der Waals surface area contributed by atoms with Crippen LogP contribution in [-0.4, -0.2) is 25.0 Å². The van der Waals surface area contributed by atoms with Crippen LogP contribution in [0.3, 0.4) is 0 Å². The SMILES string of the molecule is CC.CN1CC=C(C#N)CC1. The lowest BCUT2D eigenvalue weighted by Crippen LogP contribution is -2.23. The van der Waals surface area contributed by atoms with E-state index in [-0.39, 0.29) is 0 Å². The molecule has 1 rings (SSSR count). The van der Waals surface area contributed by atoms with Crippen LogP contribution >= 0.6 is 0 Å². The lowest BCUT2D eigenvalue weighted by atomic mass is 10.1. The van der Waals surface area contributed by atoms with Gasteiger partial charge in [0, 0.05) is 18.7 Å². The second kappa shape index (κ2) is 5.94. The van der Waals surface area contributed by atoms with E-state index in [1.807, 2.05) is 19.9 Å². The molecule has 1 heterocycles. The summed E-state index contributed by atoms with van der Waals surface area (Å²) in [4.78, 5) is 2.20. The van der Waals surface area contributed by atoms with E-state index < -0.39 is 0 Å². The molecule has 0 spiro atoms. The van der Waals surface area contributed by atoms with Gasteiger partial charge in [0.2, 0.25) is 0 Å². The van der Waals surface area contributed by atoms with Gasteiger partial charge >= 0.3 is 0 Å². The molecule has 0 fully saturated rings. The van der Waals surface area contributed by atoms with E-state index in [1.165, 1.54) is 0 Å². The van der Waals surface area contributed by atoms with Crippen molar-refractivity contribution in [3.8, 4) is 6.07 Å². The number of hydrogen-bond donors (Lipinski definition) is 0. The Labute approximate surface area is 69.1 Å². The van der Waals surface area contributed by atoms with E-state index in [0.29, 0.717) is 0 Å². The summed E-state index contributed by atoms with van der Waals surface area (Å²) in [5.41, 5.74) is 0.938. The summed E-state index contributed by atoms with van der Waals surface area (Å²) in [6.07, 6.45) is 2.91. The van der Waals surface area contributed by atoms with Gasteiger partial charge in [-0.1, -0.05) is 19.9 Å². The fourth-order valence-electron chi connectivity index (χ4n) is 0.872. The smallest absolute Gasteiger partial charge is 0.0944 e. The topological polar surface area (TPSA) is 27.0 Å². The van der Waals surface area contributed by atoms with Crippen molar-refractivity contribution in [2.45, 2.75) is 20.3 Å². The maximum atomic E-state index is 8.44. The molecule has 2 heteroatoms. The van der Waals surface area contributed by atoms with Gasteiger partial charge < -0.3 is 4.90 Å². The molecular formula is C9H16N2. The van der Waals surface area contributed by atoms with Crippen LogP contribution < -0.4 is 0 Å². The Bertz CT molecular complexity index is 165. The fourth-order valence-corrected chi connectivity index (χ4v) is 0.872. The average molecular weight is 152 g/mol. The highest BCUT2D eigenvalue weighted by atomic mass is 15.1. The molecule has 0 N–H and O–H groups in total. The van der Waals surface area contributed by atoms with Gasteiger partial charge in [-0.25, -0.2) is 0 Å². The second-order valence-corrected chi connectivity index (χ2v) is 2.35. The lowest BCUT2D eigenvalue weighted by molar-refractivity contribution is 0.362. The van der Waals surface area contributed by atoms with Gasteiger partial charge in [0.1, 0.15) is 0 Å². The van der Waals surface area contributed by atoms with Gasteiger partial charge in [-0.2, -0.15) is 5.26 Å². The third kappa shape index (κ3) is 3.79. The van der Waals surface area contributed by atoms with E-state index in [0.717, 1.165) is 25.1 Å². The first-order chi connectivity index (χ1) is 5.33. The van der Waals surface area contributed by atoms with Crippen molar-refractivity contribution >= 4 is 0 Å². The molecule has 62 valence electrons. The first-order valence-electron chi connectivity index (χ1n) is 4.10. The molecular weight excluding hydrogens is 136 g/mol. The zero-order valence-electron chi connectivity index (χ0n) is 7.59. The Morgan fingerprint density at radius 2 is 2.18 bits per heavy atom. The Kier molecular flexibility index (Phi) is 5.50. The predicted octanol–water partition coefficient (Wildman–Crippen LogP) is 1.80. The molecule has 0 radical (unpaired) electrons. The van der Waals surface area contributed by atoms with Crippen LogP contribution in [0.4, 0.5) is 0 Å². The molecule has 0 aromatic carbocycles. The number of nitriles is 1. The minimum absolute atomic E-state index is 0.924. The van der Waals surface area contributed by atoms with Crippen LogP contribution in [-0.2, 0) is 0 Å². The number of nitrogens with zero attached hydrogens (tertiary/aromatic N) is 2. The van der Waals surface area contributed by atoms with Crippen LogP contribution in [0.2, 0.25) is 0 Å². The highest BCUT2D eigenvalue weighted by molar-refractivity contribution is 5.22. The van der Waals surface area contributed by atoms with Crippen LogP contribution in [0.25, 0.3) is 0 Å². The van der Waals surface area contributed by atoms with E-state index in [4.69, 9.17) is 5.26 Å². The summed E-state index contributed by atoms with van der Waals surface area (Å²) in [6.45, 7) is 5.96. The highest BCUT2D eigenvalue weighted by Gasteiger charge is 2.05. The van der Waals surface area contributed by atoms with E-state index in [9.17, 15) is 0 Å². The third-order valence-corrected chi connectivity index (χ3v) is 1.56. The summed E-state index contributed by atoms with van der Waals surface area (Å²) < 4.78 is 0. The minimum atomic E-state index is 0.924. The normalized spacial score (nSPS) is 17.5. The van der Waals surface area contributed by atoms with E-state index in [1.54, 1.807) is 0 Å². The number of hydrogen-bond acceptors (Lipinski definition) is 2. The molecule has 0 unspecified atom stereocenters. The molecule has 0 atom stereocenters. The molecule has 0 aliphatic carbocycles. The summed E-state index contributed by atoms with van der Waals surface area (Å²) >= 11 is 0. The molecule has 1 aliphatic heterocycles. The number of likely N-dealkylation sites (N-methyl/N-ethyl adjacent to an activating group) is 1. The monoisotopic (exact) mass is 152 g/mol. The highest BCUT2D eigenvalue weighted by Crippen LogP contribution is 2.06. The maximum Gasteiger partial charge on any atom is 0.0944 e. The van der Waals surface area contributed by atoms with Crippen LogP contribution in [0.5, 0.6) is 0 Å². The minimum Gasteiger partial charge on any atom is -0.302 e. The molecule has 0 saturated heterocycles.